The molecule has 4 N–H and O–H groups in total. The lowest BCUT2D eigenvalue weighted by Gasteiger charge is -2.10. The van der Waals surface area contributed by atoms with Crippen molar-refractivity contribution in [1.82, 2.24) is 30.1 Å². The Kier molecular flexibility index (Phi) is 5.84. The second-order valence-electron chi connectivity index (χ2n) is 6.30. The van der Waals surface area contributed by atoms with Crippen molar-refractivity contribution in [2.75, 3.05) is 11.1 Å². The second kappa shape index (κ2) is 8.87. The van der Waals surface area contributed by atoms with E-state index in [0.29, 0.717) is 34.1 Å². The molecule has 2 aromatic carbocycles. The van der Waals surface area contributed by atoms with Gasteiger partial charge in [-0.1, -0.05) is 49.0 Å². The van der Waals surface area contributed by atoms with E-state index in [1.165, 1.54) is 17.8 Å². The number of hydrogen-bond acceptors (Lipinski definition) is 8. The Labute approximate surface area is 176 Å². The number of aromatic nitrogens is 6. The zero-order valence-corrected chi connectivity index (χ0v) is 16.9. The molecule has 0 saturated carbocycles. The molecule has 0 radical (unpaired) electrons. The molecule has 0 saturated heterocycles. The first kappa shape index (κ1) is 19.8. The molecule has 0 spiro atoms. The van der Waals surface area contributed by atoms with Crippen molar-refractivity contribution in [3.05, 3.63) is 65.7 Å². The minimum Gasteiger partial charge on any atom is -0.368 e. The van der Waals surface area contributed by atoms with Crippen molar-refractivity contribution < 1.29 is 4.39 Å². The molecule has 2 aromatic heterocycles. The molecule has 0 aliphatic carbocycles. The monoisotopic (exact) mass is 422 g/mol. The molecular weight excluding hydrogens is 403 g/mol. The van der Waals surface area contributed by atoms with Gasteiger partial charge >= 0.3 is 0 Å². The molecule has 0 aliphatic rings. The third-order valence-corrected chi connectivity index (χ3v) is 5.11. The zero-order valence-electron chi connectivity index (χ0n) is 16.1. The maximum absolute atomic E-state index is 13.9. The van der Waals surface area contributed by atoms with Crippen LogP contribution in [0.1, 0.15) is 18.3 Å². The minimum atomic E-state index is -0.362. The van der Waals surface area contributed by atoms with E-state index in [2.05, 4.69) is 42.4 Å². The minimum absolute atomic E-state index is 0.124. The summed E-state index contributed by atoms with van der Waals surface area (Å²) in [5.74, 6) is 1.37. The molecule has 0 fully saturated rings. The quantitative estimate of drug-likeness (QED) is 0.383. The van der Waals surface area contributed by atoms with Crippen molar-refractivity contribution >= 4 is 29.3 Å². The number of benzene rings is 2. The SMILES string of the molecule is CCc1ccccc1Nc1nc(N)nc(CSc2n[nH]c(-c3ccccc3F)n2)n1. The number of thioether (sulfide) groups is 1. The fourth-order valence-corrected chi connectivity index (χ4v) is 3.50. The maximum atomic E-state index is 13.9. The van der Waals surface area contributed by atoms with E-state index in [9.17, 15) is 4.39 Å². The number of anilines is 3. The van der Waals surface area contributed by atoms with Crippen LogP contribution in [-0.2, 0) is 12.2 Å². The molecule has 4 aromatic rings. The third-order valence-electron chi connectivity index (χ3n) is 4.27. The Morgan fingerprint density at radius 3 is 2.67 bits per heavy atom. The van der Waals surface area contributed by atoms with Crippen LogP contribution >= 0.6 is 11.8 Å². The van der Waals surface area contributed by atoms with E-state index in [1.807, 2.05) is 24.3 Å². The van der Waals surface area contributed by atoms with Crippen LogP contribution in [0.3, 0.4) is 0 Å². The Morgan fingerprint density at radius 1 is 1.03 bits per heavy atom. The van der Waals surface area contributed by atoms with Crippen molar-refractivity contribution in [2.45, 2.75) is 24.3 Å². The number of nitrogens with one attached hydrogen (secondary N) is 2. The first-order chi connectivity index (χ1) is 14.6. The highest BCUT2D eigenvalue weighted by atomic mass is 32.2. The molecule has 152 valence electrons. The van der Waals surface area contributed by atoms with E-state index in [0.717, 1.165) is 17.7 Å². The molecule has 0 amide bonds. The van der Waals surface area contributed by atoms with E-state index in [1.54, 1.807) is 18.2 Å². The van der Waals surface area contributed by atoms with Crippen LogP contribution in [0.15, 0.2) is 53.7 Å². The van der Waals surface area contributed by atoms with Gasteiger partial charge in [0.25, 0.3) is 0 Å². The molecule has 30 heavy (non-hydrogen) atoms. The van der Waals surface area contributed by atoms with E-state index in [4.69, 9.17) is 5.73 Å². The van der Waals surface area contributed by atoms with Gasteiger partial charge in [0.15, 0.2) is 5.82 Å². The summed E-state index contributed by atoms with van der Waals surface area (Å²) in [5, 5.41) is 10.5. The zero-order chi connectivity index (χ0) is 20.9. The number of para-hydroxylation sites is 1. The number of aromatic amines is 1. The Bertz CT molecular complexity index is 1160. The highest BCUT2D eigenvalue weighted by Gasteiger charge is 2.12. The largest absolute Gasteiger partial charge is 0.368 e. The molecule has 10 heteroatoms. The summed E-state index contributed by atoms with van der Waals surface area (Å²) in [6.45, 7) is 2.08. The average Bonchev–Trinajstić information content (AvgIpc) is 3.21. The molecular formula is C20H19FN8S. The van der Waals surface area contributed by atoms with Crippen LogP contribution < -0.4 is 11.1 Å². The number of halogens is 1. The highest BCUT2D eigenvalue weighted by molar-refractivity contribution is 7.98. The van der Waals surface area contributed by atoms with Gasteiger partial charge in [0.1, 0.15) is 11.6 Å². The summed E-state index contributed by atoms with van der Waals surface area (Å²) in [7, 11) is 0. The number of nitrogen functional groups attached to an aromatic ring is 1. The van der Waals surface area contributed by atoms with Crippen molar-refractivity contribution in [3.8, 4) is 11.4 Å². The lowest BCUT2D eigenvalue weighted by Crippen LogP contribution is -2.07. The number of nitrogens with zero attached hydrogens (tertiary/aromatic N) is 5. The third kappa shape index (κ3) is 4.54. The summed E-state index contributed by atoms with van der Waals surface area (Å²) in [4.78, 5) is 17.1. The molecule has 0 aliphatic heterocycles. The fourth-order valence-electron chi connectivity index (χ4n) is 2.84. The number of hydrogen-bond donors (Lipinski definition) is 3. The first-order valence-corrected chi connectivity index (χ1v) is 10.3. The summed E-state index contributed by atoms with van der Waals surface area (Å²) in [6.07, 6.45) is 0.877. The van der Waals surface area contributed by atoms with Crippen LogP contribution in [0.2, 0.25) is 0 Å². The maximum Gasteiger partial charge on any atom is 0.232 e. The smallest absolute Gasteiger partial charge is 0.232 e. The topological polar surface area (TPSA) is 118 Å². The van der Waals surface area contributed by atoms with E-state index in [-0.39, 0.29) is 11.8 Å². The average molecular weight is 422 g/mol. The van der Waals surface area contributed by atoms with Gasteiger partial charge in [-0.3, -0.25) is 5.10 Å². The van der Waals surface area contributed by atoms with Crippen LogP contribution in [-0.4, -0.2) is 30.1 Å². The van der Waals surface area contributed by atoms with Gasteiger partial charge in [-0.05, 0) is 30.2 Å². The van der Waals surface area contributed by atoms with Gasteiger partial charge in [-0.25, -0.2) is 9.37 Å². The Hall–Kier alpha value is -3.53. The normalized spacial score (nSPS) is 10.9. The van der Waals surface area contributed by atoms with E-state index < -0.39 is 0 Å². The van der Waals surface area contributed by atoms with Crippen LogP contribution in [0.25, 0.3) is 11.4 Å². The summed E-state index contributed by atoms with van der Waals surface area (Å²) in [5.41, 5.74) is 8.29. The van der Waals surface area contributed by atoms with Gasteiger partial charge in [0.05, 0.1) is 11.3 Å². The predicted octanol–water partition coefficient (Wildman–Crippen LogP) is 3.98. The molecule has 4 rings (SSSR count). The lowest BCUT2D eigenvalue weighted by molar-refractivity contribution is 0.630. The van der Waals surface area contributed by atoms with Crippen molar-refractivity contribution in [3.63, 3.8) is 0 Å². The van der Waals surface area contributed by atoms with Crippen LogP contribution in [0, 0.1) is 5.82 Å². The predicted molar refractivity (Wildman–Crippen MR) is 115 cm³/mol. The number of aryl methyl sites for hydroxylation is 1. The van der Waals surface area contributed by atoms with E-state index >= 15 is 0 Å². The number of nitrogens with two attached hydrogens (primary N) is 1. The summed E-state index contributed by atoms with van der Waals surface area (Å²) >= 11 is 1.31. The summed E-state index contributed by atoms with van der Waals surface area (Å²) < 4.78 is 13.9. The standard InChI is InChI=1S/C20H19FN8S/c1-2-12-7-3-6-10-15(12)23-19-25-16(24-18(22)27-19)11-30-20-26-17(28-29-20)13-8-4-5-9-14(13)21/h3-10H,2,11H2,1H3,(H,26,28,29)(H3,22,23,24,25,27). The highest BCUT2D eigenvalue weighted by Crippen LogP contribution is 2.24. The molecule has 0 atom stereocenters. The Balaban J connectivity index is 1.47. The van der Waals surface area contributed by atoms with Crippen LogP contribution in [0.4, 0.5) is 22.0 Å². The Morgan fingerprint density at radius 2 is 1.83 bits per heavy atom. The molecule has 0 unspecified atom stereocenters. The van der Waals surface area contributed by atoms with Gasteiger partial charge < -0.3 is 11.1 Å². The number of H-pyrrole nitrogens is 1. The van der Waals surface area contributed by atoms with Crippen molar-refractivity contribution in [1.29, 1.82) is 0 Å². The van der Waals surface area contributed by atoms with Gasteiger partial charge in [0, 0.05) is 5.69 Å². The van der Waals surface area contributed by atoms with Gasteiger partial charge in [-0.15, -0.1) is 5.10 Å². The number of rotatable bonds is 7. The van der Waals surface area contributed by atoms with Crippen LogP contribution in [0.5, 0.6) is 0 Å². The molecule has 0 bridgehead atoms. The van der Waals surface area contributed by atoms with Gasteiger partial charge in [-0.2, -0.15) is 15.0 Å². The first-order valence-electron chi connectivity index (χ1n) is 9.28. The fraction of sp³-hybridized carbons (Fsp3) is 0.150. The second-order valence-corrected chi connectivity index (χ2v) is 7.25. The van der Waals surface area contributed by atoms with Gasteiger partial charge in [0.2, 0.25) is 17.1 Å². The summed E-state index contributed by atoms with van der Waals surface area (Å²) in [6, 6.07) is 14.3. The lowest BCUT2D eigenvalue weighted by atomic mass is 10.1. The molecule has 2 heterocycles. The molecule has 8 nitrogen and oxygen atoms in total. The van der Waals surface area contributed by atoms with Crippen molar-refractivity contribution in [2.24, 2.45) is 0 Å².